The summed E-state index contributed by atoms with van der Waals surface area (Å²) in [5, 5.41) is 0. The highest BCUT2D eigenvalue weighted by Crippen LogP contribution is 2.30. The fourth-order valence-corrected chi connectivity index (χ4v) is 3.75. The molecule has 0 N–H and O–H groups in total. The molecular formula is C18H33IN2O3. The van der Waals surface area contributed by atoms with Crippen molar-refractivity contribution in [1.29, 1.82) is 0 Å². The van der Waals surface area contributed by atoms with Crippen molar-refractivity contribution in [3.05, 3.63) is 0 Å². The molecule has 1 atom stereocenters. The van der Waals surface area contributed by atoms with Gasteiger partial charge in [0.25, 0.3) is 0 Å². The van der Waals surface area contributed by atoms with Crippen LogP contribution in [-0.2, 0) is 12.7 Å². The second-order valence-corrected chi connectivity index (χ2v) is 8.05. The summed E-state index contributed by atoms with van der Waals surface area (Å²) in [7, 11) is 0. The summed E-state index contributed by atoms with van der Waals surface area (Å²) in [5.74, 6) is 1.06. The largest absolute Gasteiger partial charge is 0.338 e. The van der Waals surface area contributed by atoms with Crippen LogP contribution in [0.4, 0.5) is 0 Å². The normalized spacial score (nSPS) is 22.2. The molecule has 5 nitrogen and oxygen atoms in total. The van der Waals surface area contributed by atoms with E-state index in [0.717, 1.165) is 12.8 Å². The molecule has 0 aromatic carbocycles. The molecule has 0 aliphatic carbocycles. The number of rotatable bonds is 7. The summed E-state index contributed by atoms with van der Waals surface area (Å²) in [6.07, 6.45) is 2.85. The maximum absolute atomic E-state index is 12.6. The molecule has 0 saturated carbocycles. The van der Waals surface area contributed by atoms with Gasteiger partial charge in [0.05, 0.1) is 13.1 Å². The van der Waals surface area contributed by atoms with Crippen LogP contribution in [0.15, 0.2) is 0 Å². The number of carbonyl (C=O) groups excluding carboxylic acids is 2. The van der Waals surface area contributed by atoms with E-state index in [9.17, 15) is 9.59 Å². The average molecular weight is 452 g/mol. The highest BCUT2D eigenvalue weighted by atomic mass is 127. The summed E-state index contributed by atoms with van der Waals surface area (Å²) in [6.45, 7) is 12.8. The van der Waals surface area contributed by atoms with Crippen molar-refractivity contribution in [3.63, 3.8) is 0 Å². The van der Waals surface area contributed by atoms with Crippen molar-refractivity contribution < 1.29 is 12.7 Å². The van der Waals surface area contributed by atoms with Crippen molar-refractivity contribution in [3.8, 4) is 0 Å². The number of halogens is 1. The van der Waals surface area contributed by atoms with E-state index in [1.165, 1.54) is 0 Å². The Balaban J connectivity index is 2.95. The van der Waals surface area contributed by atoms with E-state index in [0.29, 0.717) is 44.9 Å². The van der Waals surface area contributed by atoms with Gasteiger partial charge in [-0.2, -0.15) is 0 Å². The molecule has 2 amide bonds. The Morgan fingerprint density at radius 1 is 1.04 bits per heavy atom. The Morgan fingerprint density at radius 3 is 1.92 bits per heavy atom. The first-order valence-electron chi connectivity index (χ1n) is 9.11. The Hall–Kier alpha value is -0.370. The molecule has 1 saturated heterocycles. The van der Waals surface area contributed by atoms with Gasteiger partial charge in [0.1, 0.15) is 28.6 Å². The maximum Gasteiger partial charge on any atom is 0.222 e. The van der Waals surface area contributed by atoms with Crippen molar-refractivity contribution in [1.82, 2.24) is 9.80 Å². The van der Waals surface area contributed by atoms with Gasteiger partial charge in [-0.25, -0.2) is 0 Å². The zero-order valence-electron chi connectivity index (χ0n) is 15.8. The minimum absolute atomic E-state index is 0.160. The first kappa shape index (κ1) is 21.7. The molecule has 0 radical (unpaired) electrons. The quantitative estimate of drug-likeness (QED) is 0.555. The molecular weight excluding hydrogens is 419 g/mol. The van der Waals surface area contributed by atoms with Crippen molar-refractivity contribution in [2.24, 2.45) is 11.8 Å². The van der Waals surface area contributed by atoms with Gasteiger partial charge in [-0.3, -0.25) is 9.59 Å². The number of carbonyl (C=O) groups is 2. The van der Waals surface area contributed by atoms with E-state index in [2.05, 4.69) is 27.7 Å². The van der Waals surface area contributed by atoms with Crippen LogP contribution < -0.4 is 0 Å². The van der Waals surface area contributed by atoms with Crippen molar-refractivity contribution in [2.75, 3.05) is 26.2 Å². The SMILES string of the molecule is CCCC(=O)N1CCN(C(=O)CCC(C)C)CC(OI)(C(C)C)C1. The van der Waals surface area contributed by atoms with Gasteiger partial charge in [0, 0.05) is 25.9 Å². The molecule has 1 rings (SSSR count). The zero-order valence-corrected chi connectivity index (χ0v) is 18.0. The van der Waals surface area contributed by atoms with E-state index in [1.807, 2.05) is 39.7 Å². The Bertz CT molecular complexity index is 428. The molecule has 1 fully saturated rings. The van der Waals surface area contributed by atoms with Crippen LogP contribution in [0.3, 0.4) is 0 Å². The third kappa shape index (κ3) is 5.86. The zero-order chi connectivity index (χ0) is 18.3. The van der Waals surface area contributed by atoms with E-state index >= 15 is 0 Å². The van der Waals surface area contributed by atoms with Gasteiger partial charge < -0.3 is 12.9 Å². The Labute approximate surface area is 161 Å². The average Bonchev–Trinajstić information content (AvgIpc) is 2.73. The first-order chi connectivity index (χ1) is 11.3. The van der Waals surface area contributed by atoms with Crippen LogP contribution in [0.25, 0.3) is 0 Å². The lowest BCUT2D eigenvalue weighted by atomic mass is 9.89. The van der Waals surface area contributed by atoms with E-state index < -0.39 is 5.60 Å². The van der Waals surface area contributed by atoms with Gasteiger partial charge in [-0.05, 0) is 24.7 Å². The molecule has 1 unspecified atom stereocenters. The van der Waals surface area contributed by atoms with Crippen LogP contribution in [-0.4, -0.2) is 53.4 Å². The van der Waals surface area contributed by atoms with E-state index in [1.54, 1.807) is 0 Å². The summed E-state index contributed by atoms with van der Waals surface area (Å²) in [4.78, 5) is 28.9. The molecule has 140 valence electrons. The Kier molecular flexibility index (Phi) is 8.98. The highest BCUT2D eigenvalue weighted by molar-refractivity contribution is 14.1. The number of hydrogen-bond donors (Lipinski definition) is 0. The van der Waals surface area contributed by atoms with Crippen LogP contribution in [0.1, 0.15) is 60.3 Å². The van der Waals surface area contributed by atoms with Crippen LogP contribution in [0.2, 0.25) is 0 Å². The molecule has 1 aliphatic rings. The fraction of sp³-hybridized carbons (Fsp3) is 0.889. The topological polar surface area (TPSA) is 49.9 Å². The molecule has 1 heterocycles. The second kappa shape index (κ2) is 9.94. The monoisotopic (exact) mass is 452 g/mol. The summed E-state index contributed by atoms with van der Waals surface area (Å²) < 4.78 is 5.87. The van der Waals surface area contributed by atoms with Gasteiger partial charge in [-0.1, -0.05) is 34.6 Å². The van der Waals surface area contributed by atoms with Gasteiger partial charge in [0.2, 0.25) is 11.8 Å². The lowest BCUT2D eigenvalue weighted by Gasteiger charge is -2.38. The third-order valence-corrected chi connectivity index (χ3v) is 5.74. The highest BCUT2D eigenvalue weighted by Gasteiger charge is 2.42. The molecule has 24 heavy (non-hydrogen) atoms. The molecule has 0 bridgehead atoms. The molecule has 0 aromatic heterocycles. The maximum atomic E-state index is 12.6. The summed E-state index contributed by atoms with van der Waals surface area (Å²) in [6, 6.07) is 0. The first-order valence-corrected chi connectivity index (χ1v) is 9.99. The van der Waals surface area contributed by atoms with Gasteiger partial charge >= 0.3 is 0 Å². The lowest BCUT2D eigenvalue weighted by Crippen LogP contribution is -2.53. The predicted molar refractivity (Wildman–Crippen MR) is 105 cm³/mol. The molecule has 6 heteroatoms. The van der Waals surface area contributed by atoms with Crippen LogP contribution in [0.5, 0.6) is 0 Å². The minimum Gasteiger partial charge on any atom is -0.338 e. The van der Waals surface area contributed by atoms with E-state index in [-0.39, 0.29) is 17.7 Å². The smallest absolute Gasteiger partial charge is 0.222 e. The number of hydrogen-bond acceptors (Lipinski definition) is 3. The third-order valence-electron chi connectivity index (χ3n) is 4.87. The standard InChI is InChI=1S/C18H33IN2O3/c1-6-7-16(22)20-10-11-21(17(23)9-8-14(2)3)13-18(12-20,24-19)15(4)5/h14-15H,6-13H2,1-5H3. The van der Waals surface area contributed by atoms with Crippen LogP contribution >= 0.6 is 23.0 Å². The Morgan fingerprint density at radius 2 is 1.54 bits per heavy atom. The van der Waals surface area contributed by atoms with Gasteiger partial charge in [-0.15, -0.1) is 0 Å². The second-order valence-electron chi connectivity index (χ2n) is 7.61. The summed E-state index contributed by atoms with van der Waals surface area (Å²) in [5.41, 5.74) is -0.506. The lowest BCUT2D eigenvalue weighted by molar-refractivity contribution is -0.133. The van der Waals surface area contributed by atoms with Crippen LogP contribution in [0, 0.1) is 11.8 Å². The predicted octanol–water partition coefficient (Wildman–Crippen LogP) is 3.65. The molecule has 1 aliphatic heterocycles. The van der Waals surface area contributed by atoms with Gasteiger partial charge in [0.15, 0.2) is 0 Å². The van der Waals surface area contributed by atoms with Crippen molar-refractivity contribution in [2.45, 2.75) is 65.9 Å². The minimum atomic E-state index is -0.506. The molecule has 0 aromatic rings. The summed E-state index contributed by atoms with van der Waals surface area (Å²) >= 11 is 1.94. The molecule has 0 spiro atoms. The number of nitrogens with zero attached hydrogens (tertiary/aromatic N) is 2. The number of amides is 2. The van der Waals surface area contributed by atoms with Crippen molar-refractivity contribution >= 4 is 34.8 Å². The van der Waals surface area contributed by atoms with E-state index in [4.69, 9.17) is 3.07 Å². The fourth-order valence-electron chi connectivity index (χ4n) is 2.97.